The predicted molar refractivity (Wildman–Crippen MR) is 65.1 cm³/mol. The van der Waals surface area contributed by atoms with Crippen molar-refractivity contribution in [3.05, 3.63) is 36.2 Å². The number of allylic oxidation sites excluding steroid dienone is 1. The van der Waals surface area contributed by atoms with E-state index in [-0.39, 0.29) is 0 Å². The number of hydrogen-bond donors (Lipinski definition) is 1. The molecule has 2 N–H and O–H groups in total. The highest BCUT2D eigenvalue weighted by molar-refractivity contribution is 7.89. The summed E-state index contributed by atoms with van der Waals surface area (Å²) < 4.78 is 21.9. The molecule has 1 atom stereocenters. The molecule has 0 bridgehead atoms. The summed E-state index contributed by atoms with van der Waals surface area (Å²) in [6.07, 6.45) is 6.70. The third-order valence-corrected chi connectivity index (χ3v) is 3.63. The van der Waals surface area contributed by atoms with Gasteiger partial charge in [0.2, 0.25) is 10.0 Å². The van der Waals surface area contributed by atoms with Crippen molar-refractivity contribution in [2.45, 2.75) is 25.0 Å². The van der Waals surface area contributed by atoms with Crippen LogP contribution in [0.15, 0.2) is 30.5 Å². The van der Waals surface area contributed by atoms with Crippen molar-refractivity contribution in [3.63, 3.8) is 0 Å². The second kappa shape index (κ2) is 5.77. The molecular formula is C11H16N2O2S. The standard InChI is InChI=1S/C11H16N2O2S/c1-10(16(12,14)15)6-2-3-7-11-8-4-5-9-13-11/h3-5,7-10H,2,6H2,1H3,(H2,12,14,15)/t10-/m1/s1. The van der Waals surface area contributed by atoms with Gasteiger partial charge in [-0.15, -0.1) is 0 Å². The van der Waals surface area contributed by atoms with Crippen LogP contribution in [-0.2, 0) is 10.0 Å². The molecule has 0 unspecified atom stereocenters. The Labute approximate surface area is 96.3 Å². The van der Waals surface area contributed by atoms with Crippen molar-refractivity contribution in [1.82, 2.24) is 4.98 Å². The van der Waals surface area contributed by atoms with Gasteiger partial charge in [0.25, 0.3) is 0 Å². The van der Waals surface area contributed by atoms with E-state index in [0.717, 1.165) is 5.69 Å². The largest absolute Gasteiger partial charge is 0.257 e. The van der Waals surface area contributed by atoms with Gasteiger partial charge in [0.05, 0.1) is 10.9 Å². The summed E-state index contributed by atoms with van der Waals surface area (Å²) in [5.74, 6) is 0. The number of rotatable bonds is 5. The third-order valence-electron chi connectivity index (χ3n) is 2.28. The van der Waals surface area contributed by atoms with Crippen molar-refractivity contribution >= 4 is 16.1 Å². The summed E-state index contributed by atoms with van der Waals surface area (Å²) in [5.41, 5.74) is 0.866. The number of sulfonamides is 1. The molecule has 0 saturated carbocycles. The minimum Gasteiger partial charge on any atom is -0.257 e. The van der Waals surface area contributed by atoms with Gasteiger partial charge in [-0.1, -0.05) is 12.1 Å². The summed E-state index contributed by atoms with van der Waals surface area (Å²) in [6, 6.07) is 5.64. The third kappa shape index (κ3) is 4.55. The van der Waals surface area contributed by atoms with Crippen molar-refractivity contribution in [3.8, 4) is 0 Å². The van der Waals surface area contributed by atoms with E-state index in [2.05, 4.69) is 4.98 Å². The molecule has 0 spiro atoms. The second-order valence-electron chi connectivity index (χ2n) is 3.63. The van der Waals surface area contributed by atoms with Crippen molar-refractivity contribution in [1.29, 1.82) is 0 Å². The molecule has 4 nitrogen and oxygen atoms in total. The number of nitrogens with two attached hydrogens (primary N) is 1. The number of primary sulfonamides is 1. The molecule has 1 aromatic rings. The van der Waals surface area contributed by atoms with Gasteiger partial charge in [-0.2, -0.15) is 0 Å². The van der Waals surface area contributed by atoms with E-state index in [1.165, 1.54) is 0 Å². The molecule has 0 aliphatic carbocycles. The van der Waals surface area contributed by atoms with E-state index in [0.29, 0.717) is 12.8 Å². The Morgan fingerprint density at radius 1 is 1.50 bits per heavy atom. The van der Waals surface area contributed by atoms with Crippen LogP contribution in [0.5, 0.6) is 0 Å². The molecule has 0 aromatic carbocycles. The Hall–Kier alpha value is -1.20. The van der Waals surface area contributed by atoms with E-state index < -0.39 is 15.3 Å². The van der Waals surface area contributed by atoms with Crippen LogP contribution in [-0.4, -0.2) is 18.7 Å². The maximum atomic E-state index is 10.9. The smallest absolute Gasteiger partial charge is 0.211 e. The molecule has 0 fully saturated rings. The van der Waals surface area contributed by atoms with E-state index >= 15 is 0 Å². The lowest BCUT2D eigenvalue weighted by Gasteiger charge is -2.05. The van der Waals surface area contributed by atoms with E-state index in [1.807, 2.05) is 30.4 Å². The lowest BCUT2D eigenvalue weighted by atomic mass is 10.2. The van der Waals surface area contributed by atoms with Crippen LogP contribution in [0.25, 0.3) is 6.08 Å². The van der Waals surface area contributed by atoms with Gasteiger partial charge in [-0.25, -0.2) is 13.6 Å². The number of pyridine rings is 1. The monoisotopic (exact) mass is 240 g/mol. The lowest BCUT2D eigenvalue weighted by molar-refractivity contribution is 0.580. The molecule has 1 rings (SSSR count). The Morgan fingerprint density at radius 3 is 2.81 bits per heavy atom. The van der Waals surface area contributed by atoms with Crippen LogP contribution in [0.4, 0.5) is 0 Å². The van der Waals surface area contributed by atoms with Gasteiger partial charge in [0.1, 0.15) is 0 Å². The summed E-state index contributed by atoms with van der Waals surface area (Å²) in [4.78, 5) is 4.11. The molecule has 0 saturated heterocycles. The SMILES string of the molecule is C[C@H](CCC=Cc1ccccn1)S(N)(=O)=O. The fraction of sp³-hybridized carbons (Fsp3) is 0.364. The fourth-order valence-electron chi connectivity index (χ4n) is 1.17. The molecule has 0 radical (unpaired) electrons. The molecule has 0 aliphatic heterocycles. The molecule has 0 amide bonds. The Bertz CT molecular complexity index is 440. The lowest BCUT2D eigenvalue weighted by Crippen LogP contribution is -2.25. The number of hydrogen-bond acceptors (Lipinski definition) is 3. The molecule has 88 valence electrons. The van der Waals surface area contributed by atoms with Crippen LogP contribution in [0.2, 0.25) is 0 Å². The highest BCUT2D eigenvalue weighted by Crippen LogP contribution is 2.06. The first kappa shape index (κ1) is 12.9. The fourth-order valence-corrected chi connectivity index (χ4v) is 1.64. The van der Waals surface area contributed by atoms with Crippen LogP contribution in [0, 0.1) is 0 Å². The molecule has 1 heterocycles. The van der Waals surface area contributed by atoms with Gasteiger partial charge in [0, 0.05) is 6.20 Å². The van der Waals surface area contributed by atoms with E-state index in [9.17, 15) is 8.42 Å². The van der Waals surface area contributed by atoms with Gasteiger partial charge >= 0.3 is 0 Å². The topological polar surface area (TPSA) is 73.0 Å². The highest BCUT2D eigenvalue weighted by Gasteiger charge is 2.13. The van der Waals surface area contributed by atoms with Crippen LogP contribution >= 0.6 is 0 Å². The Kier molecular flexibility index (Phi) is 4.64. The summed E-state index contributed by atoms with van der Waals surface area (Å²) in [5, 5.41) is 4.51. The van der Waals surface area contributed by atoms with Crippen molar-refractivity contribution < 1.29 is 8.42 Å². The van der Waals surface area contributed by atoms with E-state index in [4.69, 9.17) is 5.14 Å². The normalized spacial score (nSPS) is 14.1. The quantitative estimate of drug-likeness (QED) is 0.848. The Balaban J connectivity index is 2.40. The molecular weight excluding hydrogens is 224 g/mol. The maximum absolute atomic E-state index is 10.9. The van der Waals surface area contributed by atoms with Crippen molar-refractivity contribution in [2.24, 2.45) is 5.14 Å². The predicted octanol–water partition coefficient (Wildman–Crippen LogP) is 1.55. The molecule has 0 aliphatic rings. The minimum absolute atomic E-state index is 0.499. The van der Waals surface area contributed by atoms with Gasteiger partial charge in [-0.3, -0.25) is 4.98 Å². The highest BCUT2D eigenvalue weighted by atomic mass is 32.2. The number of nitrogens with zero attached hydrogens (tertiary/aromatic N) is 1. The average molecular weight is 240 g/mol. The average Bonchev–Trinajstić information content (AvgIpc) is 2.24. The van der Waals surface area contributed by atoms with Crippen molar-refractivity contribution in [2.75, 3.05) is 0 Å². The first-order chi connectivity index (χ1) is 7.50. The van der Waals surface area contributed by atoms with Gasteiger partial charge in [0.15, 0.2) is 0 Å². The van der Waals surface area contributed by atoms with Gasteiger partial charge in [-0.05, 0) is 38.0 Å². The maximum Gasteiger partial charge on any atom is 0.211 e. The first-order valence-corrected chi connectivity index (χ1v) is 6.70. The zero-order valence-corrected chi connectivity index (χ0v) is 10.0. The summed E-state index contributed by atoms with van der Waals surface area (Å²) in [7, 11) is -3.40. The number of aromatic nitrogens is 1. The molecule has 5 heteroatoms. The summed E-state index contributed by atoms with van der Waals surface area (Å²) in [6.45, 7) is 1.62. The van der Waals surface area contributed by atoms with E-state index in [1.54, 1.807) is 13.1 Å². The van der Waals surface area contributed by atoms with Crippen LogP contribution < -0.4 is 5.14 Å². The minimum atomic E-state index is -3.40. The molecule has 1 aromatic heterocycles. The van der Waals surface area contributed by atoms with Crippen LogP contribution in [0.3, 0.4) is 0 Å². The zero-order valence-electron chi connectivity index (χ0n) is 9.20. The van der Waals surface area contributed by atoms with Gasteiger partial charge < -0.3 is 0 Å². The van der Waals surface area contributed by atoms with Crippen LogP contribution in [0.1, 0.15) is 25.5 Å². The second-order valence-corrected chi connectivity index (χ2v) is 5.62. The zero-order chi connectivity index (χ0) is 12.0. The summed E-state index contributed by atoms with van der Waals surface area (Å²) >= 11 is 0. The Morgan fingerprint density at radius 2 is 2.25 bits per heavy atom. The first-order valence-electron chi connectivity index (χ1n) is 5.09. The molecule has 16 heavy (non-hydrogen) atoms.